The number of rotatable bonds is 16. The van der Waals surface area contributed by atoms with Crippen LogP contribution in [0.5, 0.6) is 0 Å². The monoisotopic (exact) mass is 918 g/mol. The molecule has 0 unspecified atom stereocenters. The zero-order valence-electron chi connectivity index (χ0n) is 34.3. The molecule has 0 aliphatic heterocycles. The van der Waals surface area contributed by atoms with Gasteiger partial charge in [0.2, 0.25) is 5.84 Å². The van der Waals surface area contributed by atoms with Gasteiger partial charge in [-0.15, -0.1) is 10.2 Å². The van der Waals surface area contributed by atoms with Crippen LogP contribution >= 0.6 is 46.4 Å². The summed E-state index contributed by atoms with van der Waals surface area (Å²) < 4.78 is 0. The number of amides is 2. The first-order chi connectivity index (χ1) is 29.5. The number of ketones is 1. The van der Waals surface area contributed by atoms with Crippen LogP contribution in [0.3, 0.4) is 0 Å². The van der Waals surface area contributed by atoms with Gasteiger partial charge in [-0.2, -0.15) is 5.10 Å². The molecule has 6 N–H and O–H groups in total. The molecule has 0 bridgehead atoms. The van der Waals surface area contributed by atoms with Gasteiger partial charge in [0.05, 0.1) is 34.6 Å². The Hall–Kier alpha value is -6.00. The average Bonchev–Trinajstić information content (AvgIpc) is 3.21. The van der Waals surface area contributed by atoms with Crippen molar-refractivity contribution in [3.63, 3.8) is 0 Å². The topological polar surface area (TPSA) is 187 Å². The van der Waals surface area contributed by atoms with Gasteiger partial charge in [0.25, 0.3) is 11.8 Å². The molecule has 0 radical (unpaired) electrons. The molecule has 0 saturated heterocycles. The van der Waals surface area contributed by atoms with E-state index in [2.05, 4.69) is 42.3 Å². The third kappa shape index (κ3) is 13.0. The number of nitrogens with one attached hydrogen (secondary N) is 5. The Balaban J connectivity index is 1.19. The van der Waals surface area contributed by atoms with Gasteiger partial charge in [0.1, 0.15) is 11.4 Å². The third-order valence-electron chi connectivity index (χ3n) is 9.07. The van der Waals surface area contributed by atoms with Crippen molar-refractivity contribution in [2.75, 3.05) is 21.5 Å². The second kappa shape index (κ2) is 21.7. The lowest BCUT2D eigenvalue weighted by molar-refractivity contribution is -0.113. The van der Waals surface area contributed by atoms with Gasteiger partial charge >= 0.3 is 0 Å². The molecular formula is C44H42Cl4N8O6. The SMILES string of the molecule is CC(=O)/C(=N\Nc1cc(CONc2cc(Cl)ccc2C)ccc1Cl)NOCc1cc(C)c(NC(=O)/C(N=Nc2cc(C(=O)Nc3cc(Cl)ccc3C)ccc2Cl)=C(\C)O)cc1C. The summed E-state index contributed by atoms with van der Waals surface area (Å²) in [6, 6.07) is 23.7. The number of hydrogen-bond acceptors (Lipinski definition) is 11. The van der Waals surface area contributed by atoms with Gasteiger partial charge in [-0.1, -0.05) is 70.7 Å². The summed E-state index contributed by atoms with van der Waals surface area (Å²) in [6.07, 6.45) is 0. The van der Waals surface area contributed by atoms with Gasteiger partial charge in [-0.3, -0.25) is 35.0 Å². The predicted octanol–water partition coefficient (Wildman–Crippen LogP) is 11.9. The highest BCUT2D eigenvalue weighted by atomic mass is 35.5. The van der Waals surface area contributed by atoms with E-state index in [0.29, 0.717) is 37.7 Å². The summed E-state index contributed by atoms with van der Waals surface area (Å²) in [6.45, 7) is 10.2. The summed E-state index contributed by atoms with van der Waals surface area (Å²) in [5.74, 6) is -2.13. The van der Waals surface area contributed by atoms with E-state index in [1.807, 2.05) is 26.8 Å². The van der Waals surface area contributed by atoms with E-state index in [0.717, 1.165) is 33.5 Å². The summed E-state index contributed by atoms with van der Waals surface area (Å²) >= 11 is 24.9. The van der Waals surface area contributed by atoms with Crippen molar-refractivity contribution in [3.8, 4) is 0 Å². The average molecular weight is 921 g/mol. The molecule has 5 aromatic rings. The number of nitrogens with zero attached hydrogens (tertiary/aromatic N) is 3. The Bertz CT molecular complexity index is 2610. The van der Waals surface area contributed by atoms with Crippen LogP contribution in [0.2, 0.25) is 20.1 Å². The molecule has 0 spiro atoms. The predicted molar refractivity (Wildman–Crippen MR) is 246 cm³/mol. The molecule has 0 aromatic heterocycles. The van der Waals surface area contributed by atoms with Crippen molar-refractivity contribution in [2.45, 2.75) is 54.8 Å². The molecule has 322 valence electrons. The number of halogens is 4. The molecule has 2 amide bonds. The smallest absolute Gasteiger partial charge is 0.279 e. The Morgan fingerprint density at radius 2 is 1.32 bits per heavy atom. The maximum Gasteiger partial charge on any atom is 0.279 e. The number of hydrogen-bond donors (Lipinski definition) is 6. The van der Waals surface area contributed by atoms with Gasteiger partial charge in [-0.05, 0) is 129 Å². The normalized spacial score (nSPS) is 11.9. The number of aryl methyl sites for hydroxylation is 4. The van der Waals surface area contributed by atoms with E-state index in [4.69, 9.17) is 56.1 Å². The Morgan fingerprint density at radius 1 is 0.661 bits per heavy atom. The molecule has 5 rings (SSSR count). The molecule has 62 heavy (non-hydrogen) atoms. The number of hydroxylamine groups is 1. The van der Waals surface area contributed by atoms with Crippen LogP contribution in [0.25, 0.3) is 0 Å². The third-order valence-corrected chi connectivity index (χ3v) is 10.2. The zero-order valence-corrected chi connectivity index (χ0v) is 37.4. The molecule has 0 heterocycles. The minimum atomic E-state index is -0.749. The molecule has 0 atom stereocenters. The van der Waals surface area contributed by atoms with Crippen molar-refractivity contribution < 1.29 is 29.2 Å². The molecule has 0 aliphatic carbocycles. The molecule has 5 aromatic carbocycles. The Labute approximate surface area is 378 Å². The number of benzene rings is 5. The highest BCUT2D eigenvalue weighted by molar-refractivity contribution is 6.38. The van der Waals surface area contributed by atoms with E-state index in [1.54, 1.807) is 67.6 Å². The maximum atomic E-state index is 13.4. The van der Waals surface area contributed by atoms with Crippen LogP contribution in [0.4, 0.5) is 28.4 Å². The van der Waals surface area contributed by atoms with Crippen LogP contribution in [-0.4, -0.2) is 28.5 Å². The second-order valence-corrected chi connectivity index (χ2v) is 15.6. The number of Topliss-reactive ketones (excluding diaryl/α,β-unsaturated/α-hetero) is 1. The van der Waals surface area contributed by atoms with E-state index in [9.17, 15) is 19.5 Å². The summed E-state index contributed by atoms with van der Waals surface area (Å²) in [5, 5.41) is 29.8. The first-order valence-electron chi connectivity index (χ1n) is 18.7. The summed E-state index contributed by atoms with van der Waals surface area (Å²) in [4.78, 5) is 50.2. The van der Waals surface area contributed by atoms with Gasteiger partial charge in [-0.25, -0.2) is 5.48 Å². The summed E-state index contributed by atoms with van der Waals surface area (Å²) in [5.41, 5.74) is 15.0. The van der Waals surface area contributed by atoms with Crippen molar-refractivity contribution >= 4 is 98.3 Å². The quantitative estimate of drug-likeness (QED) is 0.0140. The van der Waals surface area contributed by atoms with Crippen molar-refractivity contribution in [1.82, 2.24) is 5.48 Å². The highest BCUT2D eigenvalue weighted by Crippen LogP contribution is 2.30. The number of carbonyl (C=O) groups excluding carboxylic acids is 3. The maximum absolute atomic E-state index is 13.4. The van der Waals surface area contributed by atoms with Crippen LogP contribution in [-0.2, 0) is 32.5 Å². The lowest BCUT2D eigenvalue weighted by atomic mass is 10.0. The fraction of sp³-hybridized carbons (Fsp3) is 0.182. The number of hydrazone groups is 1. The number of aliphatic hydroxyl groups is 1. The lowest BCUT2D eigenvalue weighted by Gasteiger charge is -2.15. The molecule has 0 fully saturated rings. The summed E-state index contributed by atoms with van der Waals surface area (Å²) in [7, 11) is 0. The minimum absolute atomic E-state index is 0.0194. The van der Waals surface area contributed by atoms with E-state index in [-0.39, 0.29) is 41.0 Å². The van der Waals surface area contributed by atoms with Crippen molar-refractivity contribution in [3.05, 3.63) is 155 Å². The minimum Gasteiger partial charge on any atom is -0.510 e. The zero-order chi connectivity index (χ0) is 45.1. The number of carbonyl (C=O) groups is 3. The molecule has 18 heteroatoms. The van der Waals surface area contributed by atoms with E-state index >= 15 is 0 Å². The van der Waals surface area contributed by atoms with Crippen LogP contribution in [0, 0.1) is 27.7 Å². The van der Waals surface area contributed by atoms with Crippen molar-refractivity contribution in [2.24, 2.45) is 15.3 Å². The largest absolute Gasteiger partial charge is 0.510 e. The number of amidine groups is 1. The molecule has 0 aliphatic rings. The fourth-order valence-corrected chi connectivity index (χ4v) is 6.17. The number of allylic oxidation sites excluding steroid dienone is 1. The fourth-order valence-electron chi connectivity index (χ4n) is 5.51. The molecular weight excluding hydrogens is 878 g/mol. The first kappa shape index (κ1) is 47.1. The van der Waals surface area contributed by atoms with Crippen molar-refractivity contribution in [1.29, 1.82) is 0 Å². The molecule has 0 saturated carbocycles. The number of aliphatic hydroxyl groups excluding tert-OH is 1. The van der Waals surface area contributed by atoms with Crippen LogP contribution in [0.15, 0.2) is 112 Å². The van der Waals surface area contributed by atoms with Gasteiger partial charge in [0, 0.05) is 33.9 Å². The number of azo groups is 1. The second-order valence-electron chi connectivity index (χ2n) is 13.9. The lowest BCUT2D eigenvalue weighted by Crippen LogP contribution is -2.30. The number of anilines is 4. The molecule has 14 nitrogen and oxygen atoms in total. The first-order valence-corrected chi connectivity index (χ1v) is 20.2. The highest BCUT2D eigenvalue weighted by Gasteiger charge is 2.18. The Kier molecular flexibility index (Phi) is 16.5. The van der Waals surface area contributed by atoms with Crippen LogP contribution < -0.4 is 27.0 Å². The standard InChI is InChI=1S/C44H42Cl4N8O6/c1-23-7-11-32(45)19-37(23)49-43(59)30-10-14-35(48)40(18-30)51-53-41(27(5)57)44(60)50-36-16-25(3)31(15-26(36)4)22-62-56-42(28(6)58)54-52-39-17-29(9-13-34(39)47)21-61-55-38-20-33(46)12-8-24(38)2/h7-20,52,55,57H,21-22H2,1-6H3,(H,49,59)(H,50,60)(H,54,56)/b41-27-,53-51?. The van der Waals surface area contributed by atoms with Crippen LogP contribution in [0.1, 0.15) is 57.6 Å². The van der Waals surface area contributed by atoms with Gasteiger partial charge < -0.3 is 15.7 Å². The van der Waals surface area contributed by atoms with Gasteiger partial charge in [0.15, 0.2) is 11.5 Å². The van der Waals surface area contributed by atoms with E-state index in [1.165, 1.54) is 32.0 Å². The van der Waals surface area contributed by atoms with E-state index < -0.39 is 23.4 Å². The Morgan fingerprint density at radius 3 is 2.02 bits per heavy atom.